The Morgan fingerprint density at radius 1 is 1.18 bits per heavy atom. The van der Waals surface area contributed by atoms with Crippen molar-refractivity contribution < 1.29 is 4.79 Å². The van der Waals surface area contributed by atoms with Crippen molar-refractivity contribution in [3.05, 3.63) is 64.6 Å². The van der Waals surface area contributed by atoms with Crippen LogP contribution in [0.25, 0.3) is 5.82 Å². The predicted octanol–water partition coefficient (Wildman–Crippen LogP) is 2.53. The van der Waals surface area contributed by atoms with Gasteiger partial charge in [-0.05, 0) is 57.2 Å². The largest absolute Gasteiger partial charge is 0.351 e. The third-order valence-corrected chi connectivity index (χ3v) is 5.19. The topological polar surface area (TPSA) is 85.6 Å². The first-order chi connectivity index (χ1) is 13.6. The van der Waals surface area contributed by atoms with Crippen LogP contribution in [0.2, 0.25) is 0 Å². The SMILES string of the molecule is Cc1nc(CCNC(=O)c2cnn(-c3ccccn3)c2C)nc2c1CCCC2. The monoisotopic (exact) mass is 376 g/mol. The third kappa shape index (κ3) is 3.65. The molecule has 1 aliphatic carbocycles. The van der Waals surface area contributed by atoms with Crippen molar-refractivity contribution in [2.45, 2.75) is 46.0 Å². The maximum atomic E-state index is 12.6. The van der Waals surface area contributed by atoms with Gasteiger partial charge >= 0.3 is 0 Å². The van der Waals surface area contributed by atoms with Gasteiger partial charge in [-0.15, -0.1) is 0 Å². The first kappa shape index (κ1) is 18.3. The molecule has 3 aromatic heterocycles. The lowest BCUT2D eigenvalue weighted by atomic mass is 9.95. The van der Waals surface area contributed by atoms with Gasteiger partial charge < -0.3 is 5.32 Å². The molecule has 4 rings (SSSR count). The van der Waals surface area contributed by atoms with Gasteiger partial charge in [-0.3, -0.25) is 4.79 Å². The molecular weight excluding hydrogens is 352 g/mol. The Labute approximate surface area is 164 Å². The zero-order valence-corrected chi connectivity index (χ0v) is 16.3. The molecule has 0 spiro atoms. The second kappa shape index (κ2) is 7.88. The number of aromatic nitrogens is 5. The van der Waals surface area contributed by atoms with Crippen molar-refractivity contribution in [1.29, 1.82) is 0 Å². The summed E-state index contributed by atoms with van der Waals surface area (Å²) in [5.41, 5.74) is 4.90. The smallest absolute Gasteiger partial charge is 0.254 e. The van der Waals surface area contributed by atoms with Gasteiger partial charge in [0.2, 0.25) is 0 Å². The molecule has 0 saturated carbocycles. The Morgan fingerprint density at radius 2 is 2.04 bits per heavy atom. The van der Waals surface area contributed by atoms with Gasteiger partial charge in [0, 0.05) is 30.6 Å². The van der Waals surface area contributed by atoms with Crippen LogP contribution in [-0.4, -0.2) is 37.2 Å². The van der Waals surface area contributed by atoms with Crippen molar-refractivity contribution in [3.63, 3.8) is 0 Å². The fourth-order valence-electron chi connectivity index (χ4n) is 3.68. The van der Waals surface area contributed by atoms with E-state index in [-0.39, 0.29) is 5.91 Å². The summed E-state index contributed by atoms with van der Waals surface area (Å²) in [5, 5.41) is 7.26. The second-order valence-corrected chi connectivity index (χ2v) is 7.11. The first-order valence-electron chi connectivity index (χ1n) is 9.73. The fraction of sp³-hybridized carbons (Fsp3) is 0.381. The van der Waals surface area contributed by atoms with E-state index in [1.165, 1.54) is 24.1 Å². The van der Waals surface area contributed by atoms with E-state index < -0.39 is 0 Å². The Bertz CT molecular complexity index is 996. The van der Waals surface area contributed by atoms with Crippen molar-refractivity contribution in [2.24, 2.45) is 0 Å². The molecule has 3 aromatic rings. The maximum Gasteiger partial charge on any atom is 0.254 e. The number of carbonyl (C=O) groups excluding carboxylic acids is 1. The molecule has 0 saturated heterocycles. The number of rotatable bonds is 5. The summed E-state index contributed by atoms with van der Waals surface area (Å²) in [5.74, 6) is 1.35. The van der Waals surface area contributed by atoms with Gasteiger partial charge in [0.1, 0.15) is 5.82 Å². The van der Waals surface area contributed by atoms with Gasteiger partial charge in [-0.1, -0.05) is 6.07 Å². The number of nitrogens with zero attached hydrogens (tertiary/aromatic N) is 5. The Balaban J connectivity index is 1.40. The number of fused-ring (bicyclic) bond motifs is 1. The van der Waals surface area contributed by atoms with E-state index in [9.17, 15) is 4.79 Å². The molecule has 7 nitrogen and oxygen atoms in total. The van der Waals surface area contributed by atoms with Gasteiger partial charge in [-0.25, -0.2) is 19.6 Å². The predicted molar refractivity (Wildman–Crippen MR) is 106 cm³/mol. The normalized spacial score (nSPS) is 13.2. The van der Waals surface area contributed by atoms with Crippen LogP contribution < -0.4 is 5.32 Å². The van der Waals surface area contributed by atoms with Crippen LogP contribution in [0.1, 0.15) is 51.7 Å². The highest BCUT2D eigenvalue weighted by molar-refractivity contribution is 5.95. The Kier molecular flexibility index (Phi) is 5.14. The molecule has 0 radical (unpaired) electrons. The van der Waals surface area contributed by atoms with Crippen LogP contribution in [0.15, 0.2) is 30.6 Å². The standard InChI is InChI=1S/C21H24N6O/c1-14-16-7-3-4-8-18(16)26-19(25-14)10-12-23-21(28)17-13-24-27(15(17)2)20-9-5-6-11-22-20/h5-6,9,11,13H,3-4,7-8,10,12H2,1-2H3,(H,23,28). The molecule has 28 heavy (non-hydrogen) atoms. The highest BCUT2D eigenvalue weighted by atomic mass is 16.1. The average molecular weight is 376 g/mol. The minimum atomic E-state index is -0.144. The van der Waals surface area contributed by atoms with Crippen molar-refractivity contribution in [1.82, 2.24) is 30.0 Å². The van der Waals surface area contributed by atoms with E-state index in [0.29, 0.717) is 24.3 Å². The summed E-state index contributed by atoms with van der Waals surface area (Å²) in [6.07, 6.45) is 8.43. The summed E-state index contributed by atoms with van der Waals surface area (Å²) in [6.45, 7) is 4.42. The van der Waals surface area contributed by atoms with Crippen LogP contribution in [-0.2, 0) is 19.3 Å². The lowest BCUT2D eigenvalue weighted by molar-refractivity contribution is 0.0953. The van der Waals surface area contributed by atoms with Crippen LogP contribution in [0.4, 0.5) is 0 Å². The van der Waals surface area contributed by atoms with E-state index in [2.05, 4.69) is 27.3 Å². The maximum absolute atomic E-state index is 12.6. The van der Waals surface area contributed by atoms with Gasteiger partial charge in [0.15, 0.2) is 5.82 Å². The molecule has 0 aromatic carbocycles. The summed E-state index contributed by atoms with van der Waals surface area (Å²) in [6, 6.07) is 5.60. The second-order valence-electron chi connectivity index (χ2n) is 7.11. The lowest BCUT2D eigenvalue weighted by Crippen LogP contribution is -2.27. The molecule has 1 N–H and O–H groups in total. The number of pyridine rings is 1. The fourth-order valence-corrected chi connectivity index (χ4v) is 3.68. The number of carbonyl (C=O) groups is 1. The van der Waals surface area contributed by atoms with E-state index >= 15 is 0 Å². The minimum Gasteiger partial charge on any atom is -0.351 e. The van der Waals surface area contributed by atoms with Crippen molar-refractivity contribution >= 4 is 5.91 Å². The zero-order chi connectivity index (χ0) is 19.5. The molecule has 0 bridgehead atoms. The van der Waals surface area contributed by atoms with Gasteiger partial charge in [-0.2, -0.15) is 5.10 Å². The quantitative estimate of drug-likeness (QED) is 0.739. The highest BCUT2D eigenvalue weighted by Gasteiger charge is 2.17. The molecule has 0 atom stereocenters. The molecule has 0 unspecified atom stereocenters. The van der Waals surface area contributed by atoms with E-state index in [1.807, 2.05) is 25.1 Å². The molecular formula is C21H24N6O. The molecule has 144 valence electrons. The van der Waals surface area contributed by atoms with Gasteiger partial charge in [0.25, 0.3) is 5.91 Å². The van der Waals surface area contributed by atoms with E-state index in [1.54, 1.807) is 17.1 Å². The Hall–Kier alpha value is -3.09. The molecule has 3 heterocycles. The number of amides is 1. The van der Waals surface area contributed by atoms with Crippen LogP contribution in [0.5, 0.6) is 0 Å². The molecule has 0 aliphatic heterocycles. The lowest BCUT2D eigenvalue weighted by Gasteiger charge is -2.17. The zero-order valence-electron chi connectivity index (χ0n) is 16.3. The Morgan fingerprint density at radius 3 is 2.86 bits per heavy atom. The van der Waals surface area contributed by atoms with Crippen molar-refractivity contribution in [3.8, 4) is 5.82 Å². The van der Waals surface area contributed by atoms with Crippen LogP contribution >= 0.6 is 0 Å². The van der Waals surface area contributed by atoms with E-state index in [0.717, 1.165) is 30.1 Å². The van der Waals surface area contributed by atoms with Crippen LogP contribution in [0.3, 0.4) is 0 Å². The highest BCUT2D eigenvalue weighted by Crippen LogP contribution is 2.21. The third-order valence-electron chi connectivity index (χ3n) is 5.19. The van der Waals surface area contributed by atoms with Crippen LogP contribution in [0, 0.1) is 13.8 Å². The summed E-state index contributed by atoms with van der Waals surface area (Å²) < 4.78 is 1.67. The summed E-state index contributed by atoms with van der Waals surface area (Å²) in [7, 11) is 0. The number of nitrogens with one attached hydrogen (secondary N) is 1. The molecule has 1 amide bonds. The molecule has 1 aliphatic rings. The minimum absolute atomic E-state index is 0.144. The van der Waals surface area contributed by atoms with E-state index in [4.69, 9.17) is 4.98 Å². The number of hydrogen-bond acceptors (Lipinski definition) is 5. The summed E-state index contributed by atoms with van der Waals surface area (Å²) >= 11 is 0. The van der Waals surface area contributed by atoms with Crippen molar-refractivity contribution in [2.75, 3.05) is 6.54 Å². The molecule has 0 fully saturated rings. The number of aryl methyl sites for hydroxylation is 2. The number of hydrogen-bond donors (Lipinski definition) is 1. The molecule has 7 heteroatoms. The summed E-state index contributed by atoms with van der Waals surface area (Å²) in [4.78, 5) is 26.2. The first-order valence-corrected chi connectivity index (χ1v) is 9.73. The average Bonchev–Trinajstić information content (AvgIpc) is 3.10. The van der Waals surface area contributed by atoms with Gasteiger partial charge in [0.05, 0.1) is 17.5 Å².